The molecule has 4 nitrogen and oxygen atoms in total. The molecule has 2 atom stereocenters. The summed E-state index contributed by atoms with van der Waals surface area (Å²) in [7, 11) is 0. The number of aryl methyl sites for hydroxylation is 1. The summed E-state index contributed by atoms with van der Waals surface area (Å²) in [5, 5.41) is 3.51. The summed E-state index contributed by atoms with van der Waals surface area (Å²) < 4.78 is 11.5. The number of carbonyl (C=O) groups excluding carboxylic acids is 1. The standard InChI is InChI=1S/C20H24ClNO3/c1-4-18(25-17-10-7-9-16(21)12-17)20(23)22-15(3)13-24-19-11-6-5-8-14(19)2/h5-12,15,18H,4,13H2,1-3H3,(H,22,23). The third-order valence-electron chi connectivity index (χ3n) is 3.71. The maximum atomic E-state index is 12.4. The topological polar surface area (TPSA) is 47.6 Å². The molecule has 0 fully saturated rings. The minimum absolute atomic E-state index is 0.135. The van der Waals surface area contributed by atoms with Gasteiger partial charge in [0.25, 0.3) is 5.91 Å². The lowest BCUT2D eigenvalue weighted by Crippen LogP contribution is -2.44. The van der Waals surface area contributed by atoms with Crippen LogP contribution >= 0.6 is 11.6 Å². The molecule has 0 saturated carbocycles. The zero-order valence-electron chi connectivity index (χ0n) is 14.8. The summed E-state index contributed by atoms with van der Waals surface area (Å²) in [4.78, 5) is 12.4. The van der Waals surface area contributed by atoms with Crippen LogP contribution in [-0.2, 0) is 4.79 Å². The van der Waals surface area contributed by atoms with Crippen LogP contribution in [0.2, 0.25) is 5.02 Å². The first-order chi connectivity index (χ1) is 12.0. The molecule has 2 aromatic rings. The van der Waals surface area contributed by atoms with Gasteiger partial charge < -0.3 is 14.8 Å². The monoisotopic (exact) mass is 361 g/mol. The number of ether oxygens (including phenoxy) is 2. The van der Waals surface area contributed by atoms with Crippen molar-refractivity contribution in [3.63, 3.8) is 0 Å². The number of hydrogen-bond donors (Lipinski definition) is 1. The Morgan fingerprint density at radius 3 is 2.64 bits per heavy atom. The summed E-state index contributed by atoms with van der Waals surface area (Å²) in [5.41, 5.74) is 1.07. The highest BCUT2D eigenvalue weighted by Crippen LogP contribution is 2.19. The lowest BCUT2D eigenvalue weighted by Gasteiger charge is -2.21. The van der Waals surface area contributed by atoms with E-state index in [4.69, 9.17) is 21.1 Å². The van der Waals surface area contributed by atoms with Crippen LogP contribution in [-0.4, -0.2) is 24.7 Å². The fourth-order valence-electron chi connectivity index (χ4n) is 2.34. The third-order valence-corrected chi connectivity index (χ3v) is 3.94. The highest BCUT2D eigenvalue weighted by molar-refractivity contribution is 6.30. The first-order valence-corrected chi connectivity index (χ1v) is 8.78. The maximum absolute atomic E-state index is 12.4. The molecular weight excluding hydrogens is 338 g/mol. The van der Waals surface area contributed by atoms with Gasteiger partial charge in [0.2, 0.25) is 0 Å². The second-order valence-electron chi connectivity index (χ2n) is 5.96. The summed E-state index contributed by atoms with van der Waals surface area (Å²) >= 11 is 5.95. The van der Waals surface area contributed by atoms with E-state index in [1.54, 1.807) is 24.3 Å². The molecule has 0 aliphatic heterocycles. The molecule has 0 radical (unpaired) electrons. The van der Waals surface area contributed by atoms with Crippen molar-refractivity contribution in [2.75, 3.05) is 6.61 Å². The molecule has 0 heterocycles. The molecule has 0 aliphatic carbocycles. The van der Waals surface area contributed by atoms with E-state index in [0.717, 1.165) is 11.3 Å². The Hall–Kier alpha value is -2.20. The molecule has 2 rings (SSSR count). The molecule has 0 aromatic heterocycles. The van der Waals surface area contributed by atoms with Crippen molar-refractivity contribution < 1.29 is 14.3 Å². The van der Waals surface area contributed by atoms with Crippen molar-refractivity contribution in [1.29, 1.82) is 0 Å². The zero-order valence-corrected chi connectivity index (χ0v) is 15.5. The van der Waals surface area contributed by atoms with Crippen LogP contribution in [0, 0.1) is 6.92 Å². The second-order valence-corrected chi connectivity index (χ2v) is 6.39. The Morgan fingerprint density at radius 2 is 1.96 bits per heavy atom. The predicted molar refractivity (Wildman–Crippen MR) is 100 cm³/mol. The van der Waals surface area contributed by atoms with Crippen molar-refractivity contribution >= 4 is 17.5 Å². The molecule has 5 heteroatoms. The number of halogens is 1. The van der Waals surface area contributed by atoms with Crippen molar-refractivity contribution in [2.24, 2.45) is 0 Å². The average Bonchev–Trinajstić information content (AvgIpc) is 2.59. The van der Waals surface area contributed by atoms with Gasteiger partial charge in [-0.05, 0) is 50.1 Å². The van der Waals surface area contributed by atoms with Gasteiger partial charge >= 0.3 is 0 Å². The Bertz CT molecular complexity index is 705. The van der Waals surface area contributed by atoms with Gasteiger partial charge in [0.05, 0.1) is 6.04 Å². The van der Waals surface area contributed by atoms with E-state index in [1.165, 1.54) is 0 Å². The molecule has 2 aromatic carbocycles. The van der Waals surface area contributed by atoms with Crippen LogP contribution < -0.4 is 14.8 Å². The fourth-order valence-corrected chi connectivity index (χ4v) is 2.52. The van der Waals surface area contributed by atoms with Gasteiger partial charge in [0.15, 0.2) is 6.10 Å². The predicted octanol–water partition coefficient (Wildman–Crippen LogP) is 4.39. The van der Waals surface area contributed by atoms with E-state index in [0.29, 0.717) is 23.8 Å². The average molecular weight is 362 g/mol. The van der Waals surface area contributed by atoms with Crippen molar-refractivity contribution in [3.8, 4) is 11.5 Å². The normalized spacial score (nSPS) is 13.0. The van der Waals surface area contributed by atoms with E-state index < -0.39 is 6.10 Å². The molecule has 1 amide bonds. The Labute approximate surface area is 154 Å². The van der Waals surface area contributed by atoms with E-state index in [9.17, 15) is 4.79 Å². The van der Waals surface area contributed by atoms with Gasteiger partial charge in [0, 0.05) is 5.02 Å². The van der Waals surface area contributed by atoms with Gasteiger partial charge in [-0.3, -0.25) is 4.79 Å². The fraction of sp³-hybridized carbons (Fsp3) is 0.350. The van der Waals surface area contributed by atoms with Crippen LogP contribution in [0.1, 0.15) is 25.8 Å². The number of carbonyl (C=O) groups is 1. The molecular formula is C20H24ClNO3. The van der Waals surface area contributed by atoms with Gasteiger partial charge in [-0.1, -0.05) is 42.8 Å². The molecule has 25 heavy (non-hydrogen) atoms. The molecule has 0 aliphatic rings. The summed E-state index contributed by atoms with van der Waals surface area (Å²) in [6, 6.07) is 14.7. The third kappa shape index (κ3) is 5.98. The van der Waals surface area contributed by atoms with Crippen LogP contribution in [0.25, 0.3) is 0 Å². The molecule has 2 unspecified atom stereocenters. The molecule has 0 spiro atoms. The first-order valence-electron chi connectivity index (χ1n) is 8.40. The minimum atomic E-state index is -0.570. The van der Waals surface area contributed by atoms with Gasteiger partial charge in [-0.15, -0.1) is 0 Å². The summed E-state index contributed by atoms with van der Waals surface area (Å²) in [6.07, 6.45) is -0.0108. The second kappa shape index (κ2) is 9.33. The van der Waals surface area contributed by atoms with Gasteiger partial charge in [-0.25, -0.2) is 0 Å². The van der Waals surface area contributed by atoms with E-state index in [-0.39, 0.29) is 11.9 Å². The van der Waals surface area contributed by atoms with E-state index in [1.807, 2.05) is 45.0 Å². The Kier molecular flexibility index (Phi) is 7.14. The molecule has 0 saturated heterocycles. The molecule has 134 valence electrons. The van der Waals surface area contributed by atoms with Crippen LogP contribution in [0.4, 0.5) is 0 Å². The van der Waals surface area contributed by atoms with Gasteiger partial charge in [-0.2, -0.15) is 0 Å². The van der Waals surface area contributed by atoms with Crippen molar-refractivity contribution in [1.82, 2.24) is 5.32 Å². The van der Waals surface area contributed by atoms with Crippen LogP contribution in [0.15, 0.2) is 48.5 Å². The smallest absolute Gasteiger partial charge is 0.261 e. The number of hydrogen-bond acceptors (Lipinski definition) is 3. The van der Waals surface area contributed by atoms with E-state index in [2.05, 4.69) is 5.32 Å². The number of nitrogens with one attached hydrogen (secondary N) is 1. The molecule has 0 bridgehead atoms. The number of benzene rings is 2. The van der Waals surface area contributed by atoms with Crippen LogP contribution in [0.3, 0.4) is 0 Å². The van der Waals surface area contributed by atoms with Crippen LogP contribution in [0.5, 0.6) is 11.5 Å². The lowest BCUT2D eigenvalue weighted by atomic mass is 10.2. The summed E-state index contributed by atoms with van der Waals surface area (Å²) in [6.45, 7) is 6.19. The van der Waals surface area contributed by atoms with Crippen molar-refractivity contribution in [3.05, 3.63) is 59.1 Å². The maximum Gasteiger partial charge on any atom is 0.261 e. The quantitative estimate of drug-likeness (QED) is 0.758. The largest absolute Gasteiger partial charge is 0.491 e. The lowest BCUT2D eigenvalue weighted by molar-refractivity contribution is -0.128. The zero-order chi connectivity index (χ0) is 18.2. The minimum Gasteiger partial charge on any atom is -0.491 e. The number of rotatable bonds is 8. The SMILES string of the molecule is CCC(Oc1cccc(Cl)c1)C(=O)NC(C)COc1ccccc1C. The Balaban J connectivity index is 1.87. The number of amides is 1. The molecule has 1 N–H and O–H groups in total. The van der Waals surface area contributed by atoms with Gasteiger partial charge in [0.1, 0.15) is 18.1 Å². The van der Waals surface area contributed by atoms with E-state index >= 15 is 0 Å². The van der Waals surface area contributed by atoms with Crippen molar-refractivity contribution in [2.45, 2.75) is 39.3 Å². The Morgan fingerprint density at radius 1 is 1.20 bits per heavy atom. The summed E-state index contributed by atoms with van der Waals surface area (Å²) in [5.74, 6) is 1.24. The first kappa shape index (κ1) is 19.1. The highest BCUT2D eigenvalue weighted by atomic mass is 35.5. The highest BCUT2D eigenvalue weighted by Gasteiger charge is 2.20. The number of para-hydroxylation sites is 1.